The van der Waals surface area contributed by atoms with E-state index >= 15 is 0 Å². The standard InChI is InChI=1S/C17H24N4O2.ClH/c1-17(2)11-21(9-8-14(17)18)10-15-19-16(23-20-15)12-4-6-13(22-3)7-5-12;/h4-7,14H,8-11,18H2,1-3H3;1H. The van der Waals surface area contributed by atoms with Crippen molar-refractivity contribution in [1.82, 2.24) is 15.0 Å². The van der Waals surface area contributed by atoms with Gasteiger partial charge in [0.25, 0.3) is 5.89 Å². The van der Waals surface area contributed by atoms with Gasteiger partial charge in [0.15, 0.2) is 5.82 Å². The van der Waals surface area contributed by atoms with Crippen molar-refractivity contribution in [3.8, 4) is 17.2 Å². The molecule has 0 amide bonds. The van der Waals surface area contributed by atoms with E-state index in [-0.39, 0.29) is 23.9 Å². The van der Waals surface area contributed by atoms with E-state index in [4.69, 9.17) is 15.0 Å². The van der Waals surface area contributed by atoms with Crippen molar-refractivity contribution in [2.75, 3.05) is 20.2 Å². The van der Waals surface area contributed by atoms with Gasteiger partial charge in [0.1, 0.15) is 5.75 Å². The number of aromatic nitrogens is 2. The highest BCUT2D eigenvalue weighted by molar-refractivity contribution is 5.85. The minimum atomic E-state index is 0. The smallest absolute Gasteiger partial charge is 0.257 e. The van der Waals surface area contributed by atoms with Gasteiger partial charge < -0.3 is 15.0 Å². The Labute approximate surface area is 148 Å². The summed E-state index contributed by atoms with van der Waals surface area (Å²) in [5.41, 5.74) is 7.19. The van der Waals surface area contributed by atoms with E-state index in [2.05, 4.69) is 28.9 Å². The molecule has 1 aromatic carbocycles. The monoisotopic (exact) mass is 352 g/mol. The summed E-state index contributed by atoms with van der Waals surface area (Å²) < 4.78 is 10.5. The molecule has 132 valence electrons. The number of nitrogens with zero attached hydrogens (tertiary/aromatic N) is 3. The van der Waals surface area contributed by atoms with Crippen LogP contribution in [0.2, 0.25) is 0 Å². The van der Waals surface area contributed by atoms with Crippen LogP contribution in [-0.4, -0.2) is 41.3 Å². The molecule has 3 rings (SSSR count). The topological polar surface area (TPSA) is 77.4 Å². The molecule has 1 atom stereocenters. The third-order valence-corrected chi connectivity index (χ3v) is 4.56. The second-order valence-corrected chi connectivity index (χ2v) is 6.84. The molecule has 2 heterocycles. The maximum Gasteiger partial charge on any atom is 0.257 e. The molecular weight excluding hydrogens is 328 g/mol. The Morgan fingerprint density at radius 2 is 2.04 bits per heavy atom. The van der Waals surface area contributed by atoms with Crippen LogP contribution in [0.5, 0.6) is 5.75 Å². The van der Waals surface area contributed by atoms with Crippen LogP contribution in [0.4, 0.5) is 0 Å². The van der Waals surface area contributed by atoms with E-state index < -0.39 is 0 Å². The zero-order valence-corrected chi connectivity index (χ0v) is 15.2. The van der Waals surface area contributed by atoms with Gasteiger partial charge in [0.2, 0.25) is 0 Å². The molecule has 24 heavy (non-hydrogen) atoms. The van der Waals surface area contributed by atoms with Crippen molar-refractivity contribution < 1.29 is 9.26 Å². The van der Waals surface area contributed by atoms with Crippen LogP contribution in [0.3, 0.4) is 0 Å². The molecule has 0 spiro atoms. The summed E-state index contributed by atoms with van der Waals surface area (Å²) in [6.07, 6.45) is 0.996. The van der Waals surface area contributed by atoms with Crippen molar-refractivity contribution in [3.05, 3.63) is 30.1 Å². The average molecular weight is 353 g/mol. The van der Waals surface area contributed by atoms with E-state index in [9.17, 15) is 0 Å². The lowest BCUT2D eigenvalue weighted by Crippen LogP contribution is -2.52. The Morgan fingerprint density at radius 1 is 1.33 bits per heavy atom. The predicted octanol–water partition coefficient (Wildman–Crippen LogP) is 2.73. The number of hydrogen-bond donors (Lipinski definition) is 1. The van der Waals surface area contributed by atoms with Gasteiger partial charge in [-0.3, -0.25) is 4.90 Å². The van der Waals surface area contributed by atoms with Crippen molar-refractivity contribution in [1.29, 1.82) is 0 Å². The van der Waals surface area contributed by atoms with Crippen LogP contribution in [-0.2, 0) is 6.54 Å². The molecule has 1 aliphatic rings. The molecular formula is C17H25ClN4O2. The molecule has 1 fully saturated rings. The van der Waals surface area contributed by atoms with Crippen LogP contribution in [0.25, 0.3) is 11.5 Å². The first-order valence-corrected chi connectivity index (χ1v) is 7.93. The van der Waals surface area contributed by atoms with E-state index in [1.54, 1.807) is 7.11 Å². The summed E-state index contributed by atoms with van der Waals surface area (Å²) in [5, 5.41) is 4.11. The highest BCUT2D eigenvalue weighted by Gasteiger charge is 2.33. The van der Waals surface area contributed by atoms with Gasteiger partial charge in [-0.15, -0.1) is 12.4 Å². The van der Waals surface area contributed by atoms with Crippen molar-refractivity contribution >= 4 is 12.4 Å². The van der Waals surface area contributed by atoms with Crippen molar-refractivity contribution in [2.45, 2.75) is 32.9 Å². The van der Waals surface area contributed by atoms with Crippen LogP contribution in [0, 0.1) is 5.41 Å². The van der Waals surface area contributed by atoms with Gasteiger partial charge in [-0.1, -0.05) is 19.0 Å². The Morgan fingerprint density at radius 3 is 2.67 bits per heavy atom. The van der Waals surface area contributed by atoms with Crippen LogP contribution in [0.1, 0.15) is 26.1 Å². The Bertz CT molecular complexity index is 657. The lowest BCUT2D eigenvalue weighted by molar-refractivity contribution is 0.0872. The number of ether oxygens (including phenoxy) is 1. The minimum absolute atomic E-state index is 0. The summed E-state index contributed by atoms with van der Waals surface area (Å²) >= 11 is 0. The lowest BCUT2D eigenvalue weighted by atomic mass is 9.80. The molecule has 0 radical (unpaired) electrons. The fourth-order valence-corrected chi connectivity index (χ4v) is 2.99. The summed E-state index contributed by atoms with van der Waals surface area (Å²) in [4.78, 5) is 6.84. The zero-order chi connectivity index (χ0) is 16.4. The fraction of sp³-hybridized carbons (Fsp3) is 0.529. The Balaban J connectivity index is 0.00000208. The summed E-state index contributed by atoms with van der Waals surface area (Å²) in [7, 11) is 1.64. The first-order valence-electron chi connectivity index (χ1n) is 7.93. The first kappa shape index (κ1) is 18.7. The number of likely N-dealkylation sites (tertiary alicyclic amines) is 1. The minimum Gasteiger partial charge on any atom is -0.497 e. The SMILES string of the molecule is COc1ccc(-c2nc(CN3CCC(N)C(C)(C)C3)no2)cc1.Cl. The number of halogens is 1. The number of methoxy groups -OCH3 is 1. The van der Waals surface area contributed by atoms with E-state index in [1.807, 2.05) is 24.3 Å². The number of hydrogen-bond acceptors (Lipinski definition) is 6. The molecule has 1 aromatic heterocycles. The van der Waals surface area contributed by atoms with E-state index in [0.29, 0.717) is 18.3 Å². The Hall–Kier alpha value is -1.63. The maximum absolute atomic E-state index is 6.19. The van der Waals surface area contributed by atoms with Crippen molar-refractivity contribution in [3.63, 3.8) is 0 Å². The van der Waals surface area contributed by atoms with Gasteiger partial charge in [-0.25, -0.2) is 0 Å². The Kier molecular flexibility index (Phi) is 5.85. The number of piperidine rings is 1. The summed E-state index contributed by atoms with van der Waals surface area (Å²) in [6, 6.07) is 7.85. The van der Waals surface area contributed by atoms with Gasteiger partial charge in [-0.05, 0) is 36.1 Å². The van der Waals surface area contributed by atoms with Crippen molar-refractivity contribution in [2.24, 2.45) is 11.1 Å². The highest BCUT2D eigenvalue weighted by atomic mass is 35.5. The van der Waals surface area contributed by atoms with Gasteiger partial charge in [-0.2, -0.15) is 4.98 Å². The number of benzene rings is 1. The fourth-order valence-electron chi connectivity index (χ4n) is 2.99. The molecule has 6 nitrogen and oxygen atoms in total. The maximum atomic E-state index is 6.19. The van der Waals surface area contributed by atoms with Gasteiger partial charge in [0, 0.05) is 24.7 Å². The zero-order valence-electron chi connectivity index (χ0n) is 14.4. The second kappa shape index (κ2) is 7.51. The third kappa shape index (κ3) is 4.06. The largest absolute Gasteiger partial charge is 0.497 e. The quantitative estimate of drug-likeness (QED) is 0.911. The third-order valence-electron chi connectivity index (χ3n) is 4.56. The van der Waals surface area contributed by atoms with E-state index in [0.717, 1.165) is 30.8 Å². The average Bonchev–Trinajstić information content (AvgIpc) is 2.99. The molecule has 0 bridgehead atoms. The molecule has 2 N–H and O–H groups in total. The van der Waals surface area contributed by atoms with Crippen LogP contribution in [0.15, 0.2) is 28.8 Å². The number of nitrogens with two attached hydrogens (primary N) is 1. The first-order chi connectivity index (χ1) is 11.0. The number of rotatable bonds is 4. The molecule has 2 aromatic rings. The summed E-state index contributed by atoms with van der Waals surface area (Å²) in [6.45, 7) is 7.03. The molecule has 0 aliphatic carbocycles. The van der Waals surface area contributed by atoms with Crippen LogP contribution >= 0.6 is 12.4 Å². The molecule has 0 saturated carbocycles. The summed E-state index contributed by atoms with van der Waals surface area (Å²) in [5.74, 6) is 2.05. The lowest BCUT2D eigenvalue weighted by Gasteiger charge is -2.42. The molecule has 1 aliphatic heterocycles. The molecule has 7 heteroatoms. The predicted molar refractivity (Wildman–Crippen MR) is 95.2 cm³/mol. The van der Waals surface area contributed by atoms with Gasteiger partial charge in [0.05, 0.1) is 13.7 Å². The normalized spacial score (nSPS) is 20.4. The van der Waals surface area contributed by atoms with E-state index in [1.165, 1.54) is 0 Å². The second-order valence-electron chi connectivity index (χ2n) is 6.84. The molecule has 1 unspecified atom stereocenters. The highest BCUT2D eigenvalue weighted by Crippen LogP contribution is 2.28. The van der Waals surface area contributed by atoms with Gasteiger partial charge >= 0.3 is 0 Å². The molecule has 1 saturated heterocycles. The van der Waals surface area contributed by atoms with Crippen LogP contribution < -0.4 is 10.5 Å².